The van der Waals surface area contributed by atoms with Crippen molar-refractivity contribution in [1.29, 1.82) is 0 Å². The molecule has 0 atom stereocenters. The topological polar surface area (TPSA) is 17.8 Å². The summed E-state index contributed by atoms with van der Waals surface area (Å²) in [4.78, 5) is 0. The number of hydrogen-bond acceptors (Lipinski definition) is 1. The van der Waals surface area contributed by atoms with Crippen LogP contribution in [0.2, 0.25) is 0 Å². The first-order chi connectivity index (χ1) is 9.43. The van der Waals surface area contributed by atoms with Crippen LogP contribution in [0.5, 0.6) is 0 Å². The Labute approximate surface area is 111 Å². The molecule has 0 unspecified atom stereocenters. The van der Waals surface area contributed by atoms with Crippen molar-refractivity contribution in [2.24, 2.45) is 0 Å². The van der Waals surface area contributed by atoms with Crippen molar-refractivity contribution in [3.8, 4) is 11.3 Å². The van der Waals surface area contributed by atoms with Gasteiger partial charge < -0.3 is 0 Å². The third-order valence-corrected chi connectivity index (χ3v) is 2.86. The van der Waals surface area contributed by atoms with Gasteiger partial charge >= 0.3 is 0 Å². The van der Waals surface area contributed by atoms with Gasteiger partial charge in [0, 0.05) is 18.3 Å². The smallest absolute Gasteiger partial charge is 0.267 e. The van der Waals surface area contributed by atoms with Crippen molar-refractivity contribution in [1.82, 2.24) is 9.78 Å². The summed E-state index contributed by atoms with van der Waals surface area (Å²) in [6, 6.07) is 2.85. The van der Waals surface area contributed by atoms with Crippen molar-refractivity contribution < 1.29 is 22.0 Å². The van der Waals surface area contributed by atoms with Crippen LogP contribution >= 0.6 is 0 Å². The van der Waals surface area contributed by atoms with Crippen LogP contribution in [0.3, 0.4) is 0 Å². The highest BCUT2D eigenvalue weighted by molar-refractivity contribution is 5.63. The van der Waals surface area contributed by atoms with Gasteiger partial charge in [-0.05, 0) is 19.1 Å². The van der Waals surface area contributed by atoms with Crippen LogP contribution < -0.4 is 0 Å². The lowest BCUT2D eigenvalue weighted by atomic mass is 10.1. The van der Waals surface area contributed by atoms with E-state index in [1.807, 2.05) is 0 Å². The van der Waals surface area contributed by atoms with Gasteiger partial charge in [0.2, 0.25) is 0 Å². The molecule has 7 heteroatoms. The lowest BCUT2D eigenvalue weighted by Gasteiger charge is -2.05. The van der Waals surface area contributed by atoms with Crippen molar-refractivity contribution in [2.45, 2.75) is 26.3 Å². The van der Waals surface area contributed by atoms with E-state index in [1.54, 1.807) is 6.92 Å². The van der Waals surface area contributed by atoms with Gasteiger partial charge in [0.05, 0.1) is 11.1 Å². The molecule has 0 radical (unpaired) electrons. The SMILES string of the molecule is CCn1cc(C(F)F)c(-c2ccc(C(F)F)c(F)c2)n1. The van der Waals surface area contributed by atoms with Crippen molar-refractivity contribution in [2.75, 3.05) is 0 Å². The normalized spacial score (nSPS) is 11.6. The van der Waals surface area contributed by atoms with Crippen LogP contribution in [0, 0.1) is 5.82 Å². The summed E-state index contributed by atoms with van der Waals surface area (Å²) in [7, 11) is 0. The maximum Gasteiger partial charge on any atom is 0.267 e. The highest BCUT2D eigenvalue weighted by Crippen LogP contribution is 2.32. The Morgan fingerprint density at radius 2 is 1.75 bits per heavy atom. The van der Waals surface area contributed by atoms with Crippen LogP contribution in [-0.4, -0.2) is 9.78 Å². The number of aryl methyl sites for hydroxylation is 1. The van der Waals surface area contributed by atoms with Gasteiger partial charge in [-0.1, -0.05) is 6.07 Å². The zero-order valence-electron chi connectivity index (χ0n) is 10.5. The summed E-state index contributed by atoms with van der Waals surface area (Å²) in [6.45, 7) is 2.09. The maximum absolute atomic E-state index is 13.5. The summed E-state index contributed by atoms with van der Waals surface area (Å²) >= 11 is 0. The molecule has 2 nitrogen and oxygen atoms in total. The summed E-state index contributed by atoms with van der Waals surface area (Å²) in [5.41, 5.74) is -1.16. The van der Waals surface area contributed by atoms with Crippen molar-refractivity contribution in [3.63, 3.8) is 0 Å². The van der Waals surface area contributed by atoms with E-state index in [4.69, 9.17) is 0 Å². The minimum Gasteiger partial charge on any atom is -0.272 e. The lowest BCUT2D eigenvalue weighted by molar-refractivity contribution is 0.146. The number of nitrogens with zero attached hydrogens (tertiary/aromatic N) is 2. The number of aromatic nitrogens is 2. The lowest BCUT2D eigenvalue weighted by Crippen LogP contribution is -1.95. The average molecular weight is 290 g/mol. The van der Waals surface area contributed by atoms with E-state index in [2.05, 4.69) is 5.10 Å². The van der Waals surface area contributed by atoms with E-state index in [9.17, 15) is 22.0 Å². The Morgan fingerprint density at radius 3 is 2.25 bits per heavy atom. The van der Waals surface area contributed by atoms with E-state index >= 15 is 0 Å². The average Bonchev–Trinajstić information content (AvgIpc) is 2.82. The fourth-order valence-corrected chi connectivity index (χ4v) is 1.83. The number of hydrogen-bond donors (Lipinski definition) is 0. The molecule has 1 aromatic carbocycles. The summed E-state index contributed by atoms with van der Waals surface area (Å²) < 4.78 is 65.5. The third-order valence-electron chi connectivity index (χ3n) is 2.86. The molecule has 0 saturated heterocycles. The number of alkyl halides is 4. The number of halogens is 5. The van der Waals surface area contributed by atoms with Gasteiger partial charge in [0.25, 0.3) is 12.9 Å². The first kappa shape index (κ1) is 14.5. The molecule has 1 aromatic heterocycles. The van der Waals surface area contributed by atoms with E-state index in [-0.39, 0.29) is 16.8 Å². The van der Waals surface area contributed by atoms with E-state index in [0.717, 1.165) is 12.1 Å². The van der Waals surface area contributed by atoms with Gasteiger partial charge in [-0.25, -0.2) is 22.0 Å². The van der Waals surface area contributed by atoms with Crippen LogP contribution in [0.25, 0.3) is 11.3 Å². The quantitative estimate of drug-likeness (QED) is 0.753. The molecular formula is C13H11F5N2. The van der Waals surface area contributed by atoms with Crippen LogP contribution in [-0.2, 0) is 6.54 Å². The summed E-state index contributed by atoms with van der Waals surface area (Å²) in [5, 5.41) is 3.92. The monoisotopic (exact) mass is 290 g/mol. The Morgan fingerprint density at radius 1 is 1.10 bits per heavy atom. The first-order valence-corrected chi connectivity index (χ1v) is 5.87. The van der Waals surface area contributed by atoms with E-state index in [0.29, 0.717) is 6.54 Å². The Kier molecular flexibility index (Phi) is 4.06. The number of rotatable bonds is 4. The zero-order valence-corrected chi connectivity index (χ0v) is 10.5. The highest BCUT2D eigenvalue weighted by atomic mass is 19.3. The Hall–Kier alpha value is -1.92. The molecule has 0 aliphatic rings. The molecule has 0 fully saturated rings. The zero-order chi connectivity index (χ0) is 14.9. The molecule has 0 bridgehead atoms. The molecule has 108 valence electrons. The Balaban J connectivity index is 2.51. The molecule has 0 N–H and O–H groups in total. The molecule has 0 spiro atoms. The second-order valence-electron chi connectivity index (χ2n) is 4.13. The fraction of sp³-hybridized carbons (Fsp3) is 0.308. The summed E-state index contributed by atoms with van der Waals surface area (Å²) in [5.74, 6) is -1.14. The maximum atomic E-state index is 13.5. The molecule has 2 rings (SSSR count). The molecule has 0 amide bonds. The molecule has 1 heterocycles. The van der Waals surface area contributed by atoms with Gasteiger partial charge in [0.1, 0.15) is 11.5 Å². The van der Waals surface area contributed by atoms with E-state index in [1.165, 1.54) is 16.9 Å². The fourth-order valence-electron chi connectivity index (χ4n) is 1.83. The molecule has 0 saturated carbocycles. The van der Waals surface area contributed by atoms with Crippen molar-refractivity contribution >= 4 is 0 Å². The van der Waals surface area contributed by atoms with E-state index < -0.39 is 24.2 Å². The first-order valence-electron chi connectivity index (χ1n) is 5.87. The predicted molar refractivity (Wildman–Crippen MR) is 63.2 cm³/mol. The second-order valence-corrected chi connectivity index (χ2v) is 4.13. The molecule has 0 aliphatic heterocycles. The largest absolute Gasteiger partial charge is 0.272 e. The second kappa shape index (κ2) is 5.60. The van der Waals surface area contributed by atoms with Gasteiger partial charge in [0.15, 0.2) is 0 Å². The van der Waals surface area contributed by atoms with Crippen LogP contribution in [0.1, 0.15) is 30.9 Å². The standard InChI is InChI=1S/C13H11F5N2/c1-2-20-6-9(13(17)18)11(19-20)7-3-4-8(12(15)16)10(14)5-7/h3-6,12-13H,2H2,1H3. The Bertz CT molecular complexity index is 607. The van der Waals surface area contributed by atoms with Gasteiger partial charge in [-0.2, -0.15) is 5.10 Å². The minimum atomic E-state index is -2.95. The van der Waals surface area contributed by atoms with Gasteiger partial charge in [-0.15, -0.1) is 0 Å². The molecule has 2 aromatic rings. The third kappa shape index (κ3) is 2.66. The predicted octanol–water partition coefficient (Wildman–Crippen LogP) is 4.58. The summed E-state index contributed by atoms with van der Waals surface area (Å²) in [6.07, 6.45) is -4.56. The van der Waals surface area contributed by atoms with Crippen LogP contribution in [0.4, 0.5) is 22.0 Å². The number of benzene rings is 1. The van der Waals surface area contributed by atoms with Crippen LogP contribution in [0.15, 0.2) is 24.4 Å². The molecule has 0 aliphatic carbocycles. The highest BCUT2D eigenvalue weighted by Gasteiger charge is 2.21. The molecular weight excluding hydrogens is 279 g/mol. The molecule has 20 heavy (non-hydrogen) atoms. The van der Waals surface area contributed by atoms with Crippen molar-refractivity contribution in [3.05, 3.63) is 41.3 Å². The minimum absolute atomic E-state index is 0.0504. The van der Waals surface area contributed by atoms with Gasteiger partial charge in [-0.3, -0.25) is 4.68 Å².